The maximum Gasteiger partial charge on any atom is 0.0644 e. The lowest BCUT2D eigenvalue weighted by molar-refractivity contribution is -0.0109. The second-order valence-corrected chi connectivity index (χ2v) is 5.70. The van der Waals surface area contributed by atoms with Gasteiger partial charge in [-0.25, -0.2) is 0 Å². The third-order valence-electron chi connectivity index (χ3n) is 3.18. The molecule has 1 unspecified atom stereocenters. The Hall–Kier alpha value is -0.380. The molecule has 0 bridgehead atoms. The van der Waals surface area contributed by atoms with Crippen molar-refractivity contribution in [3.05, 3.63) is 35.9 Å². The minimum atomic E-state index is -0.101. The van der Waals surface area contributed by atoms with E-state index in [0.717, 1.165) is 25.0 Å². The van der Waals surface area contributed by atoms with Crippen molar-refractivity contribution >= 4 is 15.9 Å². The van der Waals surface area contributed by atoms with Crippen molar-refractivity contribution in [2.45, 2.75) is 31.8 Å². The average molecular weight is 315 g/mol. The van der Waals surface area contributed by atoms with Crippen molar-refractivity contribution in [2.24, 2.45) is 0 Å². The van der Waals surface area contributed by atoms with Gasteiger partial charge in [-0.05, 0) is 25.8 Å². The standard InChI is InChI=1S/C15H23BrO2/c1-15(2,17-3)9-10-18-12-14(11-16)13-7-5-4-6-8-13/h4-8,14H,9-12H2,1-3H3. The summed E-state index contributed by atoms with van der Waals surface area (Å²) in [5, 5.41) is 0.921. The van der Waals surface area contributed by atoms with Crippen LogP contribution < -0.4 is 0 Å². The highest BCUT2D eigenvalue weighted by Crippen LogP contribution is 2.19. The first-order chi connectivity index (χ1) is 8.59. The highest BCUT2D eigenvalue weighted by Gasteiger charge is 2.16. The quantitative estimate of drug-likeness (QED) is 0.533. The van der Waals surface area contributed by atoms with Crippen LogP contribution in [-0.2, 0) is 9.47 Å². The molecule has 0 saturated heterocycles. The number of rotatable bonds is 8. The highest BCUT2D eigenvalue weighted by atomic mass is 79.9. The van der Waals surface area contributed by atoms with E-state index in [9.17, 15) is 0 Å². The fourth-order valence-corrected chi connectivity index (χ4v) is 2.16. The van der Waals surface area contributed by atoms with Crippen LogP contribution in [0.15, 0.2) is 30.3 Å². The summed E-state index contributed by atoms with van der Waals surface area (Å²) in [6, 6.07) is 10.5. The number of hydrogen-bond acceptors (Lipinski definition) is 2. The van der Waals surface area contributed by atoms with E-state index in [0.29, 0.717) is 5.92 Å². The smallest absolute Gasteiger partial charge is 0.0644 e. The van der Waals surface area contributed by atoms with Gasteiger partial charge in [0.2, 0.25) is 0 Å². The molecule has 1 rings (SSSR count). The largest absolute Gasteiger partial charge is 0.381 e. The minimum absolute atomic E-state index is 0.101. The van der Waals surface area contributed by atoms with E-state index in [4.69, 9.17) is 9.47 Å². The molecule has 0 aliphatic heterocycles. The summed E-state index contributed by atoms with van der Waals surface area (Å²) in [6.45, 7) is 5.64. The fraction of sp³-hybridized carbons (Fsp3) is 0.600. The third-order valence-corrected chi connectivity index (χ3v) is 3.96. The van der Waals surface area contributed by atoms with E-state index in [1.807, 2.05) is 6.07 Å². The molecule has 0 radical (unpaired) electrons. The van der Waals surface area contributed by atoms with Gasteiger partial charge in [0.05, 0.1) is 12.2 Å². The monoisotopic (exact) mass is 314 g/mol. The van der Waals surface area contributed by atoms with Crippen LogP contribution in [0.2, 0.25) is 0 Å². The Kier molecular flexibility index (Phi) is 6.90. The topological polar surface area (TPSA) is 18.5 Å². The molecule has 2 nitrogen and oxygen atoms in total. The zero-order chi connectivity index (χ0) is 13.4. The zero-order valence-corrected chi connectivity index (χ0v) is 13.1. The molecule has 0 spiro atoms. The van der Waals surface area contributed by atoms with Gasteiger partial charge in [-0.3, -0.25) is 0 Å². The van der Waals surface area contributed by atoms with Crippen molar-refractivity contribution in [2.75, 3.05) is 25.7 Å². The molecule has 1 atom stereocenters. The van der Waals surface area contributed by atoms with Crippen LogP contribution >= 0.6 is 15.9 Å². The van der Waals surface area contributed by atoms with Gasteiger partial charge in [0.25, 0.3) is 0 Å². The molecular formula is C15H23BrO2. The van der Waals surface area contributed by atoms with Gasteiger partial charge in [-0.1, -0.05) is 46.3 Å². The summed E-state index contributed by atoms with van der Waals surface area (Å²) < 4.78 is 11.1. The zero-order valence-electron chi connectivity index (χ0n) is 11.5. The molecule has 0 fully saturated rings. The van der Waals surface area contributed by atoms with Crippen LogP contribution in [-0.4, -0.2) is 31.3 Å². The van der Waals surface area contributed by atoms with Gasteiger partial charge in [-0.2, -0.15) is 0 Å². The summed E-state index contributed by atoms with van der Waals surface area (Å²) in [4.78, 5) is 0. The van der Waals surface area contributed by atoms with E-state index in [2.05, 4.69) is 54.0 Å². The summed E-state index contributed by atoms with van der Waals surface area (Å²) in [6.07, 6.45) is 0.910. The van der Waals surface area contributed by atoms with Crippen molar-refractivity contribution in [1.29, 1.82) is 0 Å². The first-order valence-electron chi connectivity index (χ1n) is 6.33. The van der Waals surface area contributed by atoms with E-state index in [1.54, 1.807) is 7.11 Å². The summed E-state index contributed by atoms with van der Waals surface area (Å²) in [5.74, 6) is 0.414. The Morgan fingerprint density at radius 2 is 1.89 bits per heavy atom. The number of ether oxygens (including phenoxy) is 2. The molecule has 0 N–H and O–H groups in total. The van der Waals surface area contributed by atoms with Gasteiger partial charge in [0.1, 0.15) is 0 Å². The molecule has 0 saturated carbocycles. The maximum absolute atomic E-state index is 5.77. The van der Waals surface area contributed by atoms with Crippen LogP contribution in [0.5, 0.6) is 0 Å². The summed E-state index contributed by atoms with van der Waals surface area (Å²) in [7, 11) is 1.74. The van der Waals surface area contributed by atoms with Crippen molar-refractivity contribution in [3.63, 3.8) is 0 Å². The second kappa shape index (κ2) is 7.93. The number of methoxy groups -OCH3 is 1. The number of hydrogen-bond donors (Lipinski definition) is 0. The third kappa shape index (κ3) is 5.51. The van der Waals surface area contributed by atoms with Crippen molar-refractivity contribution in [3.8, 4) is 0 Å². The van der Waals surface area contributed by atoms with Crippen molar-refractivity contribution < 1.29 is 9.47 Å². The van der Waals surface area contributed by atoms with E-state index in [-0.39, 0.29) is 5.60 Å². The Morgan fingerprint density at radius 1 is 1.22 bits per heavy atom. The summed E-state index contributed by atoms with van der Waals surface area (Å²) >= 11 is 3.55. The van der Waals surface area contributed by atoms with Gasteiger partial charge in [-0.15, -0.1) is 0 Å². The van der Waals surface area contributed by atoms with Gasteiger partial charge < -0.3 is 9.47 Å². The Bertz CT molecular complexity index is 325. The number of alkyl halides is 1. The van der Waals surface area contributed by atoms with Crippen LogP contribution in [0.4, 0.5) is 0 Å². The highest BCUT2D eigenvalue weighted by molar-refractivity contribution is 9.09. The lowest BCUT2D eigenvalue weighted by Gasteiger charge is -2.23. The molecule has 102 valence electrons. The Balaban J connectivity index is 2.33. The van der Waals surface area contributed by atoms with E-state index in [1.165, 1.54) is 5.56 Å². The van der Waals surface area contributed by atoms with Gasteiger partial charge >= 0.3 is 0 Å². The lowest BCUT2D eigenvalue weighted by Crippen LogP contribution is -2.25. The number of benzene rings is 1. The van der Waals surface area contributed by atoms with Crippen LogP contribution in [0.25, 0.3) is 0 Å². The lowest BCUT2D eigenvalue weighted by atomic mass is 10.0. The van der Waals surface area contributed by atoms with E-state index < -0.39 is 0 Å². The first-order valence-corrected chi connectivity index (χ1v) is 7.45. The first kappa shape index (κ1) is 15.7. The molecule has 0 amide bonds. The Morgan fingerprint density at radius 3 is 2.44 bits per heavy atom. The Labute approximate surface area is 119 Å². The van der Waals surface area contributed by atoms with Crippen molar-refractivity contribution in [1.82, 2.24) is 0 Å². The molecular weight excluding hydrogens is 292 g/mol. The normalized spacial score (nSPS) is 13.6. The molecule has 0 aliphatic carbocycles. The van der Waals surface area contributed by atoms with E-state index >= 15 is 0 Å². The van der Waals surface area contributed by atoms with Gasteiger partial charge in [0, 0.05) is 25.0 Å². The summed E-state index contributed by atoms with van der Waals surface area (Å²) in [5.41, 5.74) is 1.22. The molecule has 0 heterocycles. The van der Waals surface area contributed by atoms with Crippen LogP contribution in [0.3, 0.4) is 0 Å². The van der Waals surface area contributed by atoms with Crippen LogP contribution in [0, 0.1) is 0 Å². The predicted octanol–water partition coefficient (Wildman–Crippen LogP) is 4.00. The fourth-order valence-electron chi connectivity index (χ4n) is 1.60. The second-order valence-electron chi connectivity index (χ2n) is 5.05. The molecule has 0 aliphatic rings. The molecule has 3 heteroatoms. The molecule has 18 heavy (non-hydrogen) atoms. The SMILES string of the molecule is COC(C)(C)CCOCC(CBr)c1ccccc1. The average Bonchev–Trinajstić information content (AvgIpc) is 2.40. The molecule has 1 aromatic carbocycles. The maximum atomic E-state index is 5.77. The predicted molar refractivity (Wildman–Crippen MR) is 79.5 cm³/mol. The molecule has 0 aromatic heterocycles. The van der Waals surface area contributed by atoms with Crippen LogP contribution in [0.1, 0.15) is 31.7 Å². The molecule has 1 aromatic rings. The number of halogens is 1. The minimum Gasteiger partial charge on any atom is -0.381 e. The van der Waals surface area contributed by atoms with Gasteiger partial charge in [0.15, 0.2) is 0 Å².